The normalized spacial score (nSPS) is 14.0. The summed E-state index contributed by atoms with van der Waals surface area (Å²) in [7, 11) is -9.91. The molecule has 0 aromatic heterocycles. The fourth-order valence-corrected chi connectivity index (χ4v) is 13.2. The first kappa shape index (κ1) is 93.1. The van der Waals surface area contributed by atoms with Gasteiger partial charge in [-0.1, -0.05) is 343 Å². The molecule has 0 saturated heterocycles. The lowest BCUT2D eigenvalue weighted by molar-refractivity contribution is -0.161. The third kappa shape index (κ3) is 70.3. The molecule has 0 rings (SSSR count). The van der Waals surface area contributed by atoms with Gasteiger partial charge in [0, 0.05) is 25.7 Å². The quantitative estimate of drug-likeness (QED) is 0.0222. The minimum absolute atomic E-state index is 0.107. The Labute approximate surface area is 581 Å². The van der Waals surface area contributed by atoms with Crippen LogP contribution in [0.4, 0.5) is 0 Å². The molecule has 0 aromatic carbocycles. The average molecular weight is 1400 g/mol. The van der Waals surface area contributed by atoms with Crippen LogP contribution in [0.15, 0.2) is 0 Å². The number of phosphoric ester groups is 2. The average Bonchev–Trinajstić information content (AvgIpc) is 1.32. The lowest BCUT2D eigenvalue weighted by atomic mass is 10.0. The lowest BCUT2D eigenvalue weighted by Gasteiger charge is -2.21. The molecule has 19 heteroatoms. The third-order valence-electron chi connectivity index (χ3n) is 17.7. The summed E-state index contributed by atoms with van der Waals surface area (Å²) >= 11 is 0. The van der Waals surface area contributed by atoms with Crippen molar-refractivity contribution in [3.8, 4) is 0 Å². The Hall–Kier alpha value is -1.94. The van der Waals surface area contributed by atoms with Crippen LogP contribution >= 0.6 is 15.6 Å². The Morgan fingerprint density at radius 1 is 0.284 bits per heavy atom. The lowest BCUT2D eigenvalue weighted by Crippen LogP contribution is -2.30. The zero-order valence-electron chi connectivity index (χ0n) is 62.0. The molecular formula is C76H148O17P2. The summed E-state index contributed by atoms with van der Waals surface area (Å²) in [5, 5.41) is 10.6. The Balaban J connectivity index is 5.27. The molecule has 0 amide bonds. The van der Waals surface area contributed by atoms with E-state index in [2.05, 4.69) is 41.5 Å². The van der Waals surface area contributed by atoms with E-state index in [1.165, 1.54) is 212 Å². The van der Waals surface area contributed by atoms with Gasteiger partial charge < -0.3 is 33.8 Å². The van der Waals surface area contributed by atoms with Gasteiger partial charge >= 0.3 is 39.5 Å². The molecular weight excluding hydrogens is 1250 g/mol. The standard InChI is InChI=1S/C76H148O17P2/c1-7-9-11-13-15-17-19-21-22-23-29-36-42-48-54-60-75(80)92-71(65-87-74(79)59-53-47-41-35-30-24-26-32-38-44-50-56-68(3)4)66-90-94(82,83)88-62-70(77)63-89-95(84,85)91-67-72(64-86-73(78)58-52-46-40-34-28-20-18-16-14-12-10-8-2)93-76(81)61-55-49-43-37-31-25-27-33-39-45-51-57-69(5)6/h68-72,77H,7-67H2,1-6H3,(H,82,83)(H,84,85)/t70-,71-,72-/m1/s1. The monoisotopic (exact) mass is 1400 g/mol. The minimum Gasteiger partial charge on any atom is -0.462 e. The van der Waals surface area contributed by atoms with Gasteiger partial charge in [-0.25, -0.2) is 9.13 Å². The Morgan fingerprint density at radius 2 is 0.484 bits per heavy atom. The molecule has 0 aliphatic carbocycles. The fourth-order valence-electron chi connectivity index (χ4n) is 11.7. The summed E-state index contributed by atoms with van der Waals surface area (Å²) < 4.78 is 68.6. The van der Waals surface area contributed by atoms with Crippen molar-refractivity contribution in [3.63, 3.8) is 0 Å². The third-order valence-corrected chi connectivity index (χ3v) is 19.6. The van der Waals surface area contributed by atoms with E-state index in [-0.39, 0.29) is 25.7 Å². The van der Waals surface area contributed by atoms with Gasteiger partial charge in [0.1, 0.15) is 19.3 Å². The maximum atomic E-state index is 13.1. The molecule has 0 heterocycles. The first-order valence-corrected chi connectivity index (χ1v) is 42.5. The molecule has 3 N–H and O–H groups in total. The molecule has 0 spiro atoms. The molecule has 2 unspecified atom stereocenters. The smallest absolute Gasteiger partial charge is 0.462 e. The zero-order valence-corrected chi connectivity index (χ0v) is 63.8. The van der Waals surface area contributed by atoms with Gasteiger partial charge in [0.2, 0.25) is 0 Å². The number of carbonyl (C=O) groups is 4. The van der Waals surface area contributed by atoms with Crippen LogP contribution in [0.1, 0.15) is 395 Å². The molecule has 0 aliphatic heterocycles. The topological polar surface area (TPSA) is 237 Å². The first-order chi connectivity index (χ1) is 45.9. The van der Waals surface area contributed by atoms with Gasteiger partial charge in [-0.3, -0.25) is 37.3 Å². The highest BCUT2D eigenvalue weighted by Gasteiger charge is 2.30. The van der Waals surface area contributed by atoms with E-state index >= 15 is 0 Å². The highest BCUT2D eigenvalue weighted by Crippen LogP contribution is 2.45. The van der Waals surface area contributed by atoms with Crippen molar-refractivity contribution >= 4 is 39.5 Å². The number of aliphatic hydroxyl groups excluding tert-OH is 1. The first-order valence-electron chi connectivity index (χ1n) is 39.5. The van der Waals surface area contributed by atoms with E-state index in [1.54, 1.807) is 0 Å². The Morgan fingerprint density at radius 3 is 0.716 bits per heavy atom. The number of esters is 4. The van der Waals surface area contributed by atoms with Gasteiger partial charge in [0.05, 0.1) is 26.4 Å². The molecule has 0 bridgehead atoms. The molecule has 17 nitrogen and oxygen atoms in total. The van der Waals surface area contributed by atoms with Crippen molar-refractivity contribution < 1.29 is 80.2 Å². The predicted octanol–water partition coefficient (Wildman–Crippen LogP) is 22.3. The number of hydrogen-bond donors (Lipinski definition) is 3. The van der Waals surface area contributed by atoms with Crippen molar-refractivity contribution in [2.45, 2.75) is 413 Å². The fraction of sp³-hybridized carbons (Fsp3) is 0.947. The largest absolute Gasteiger partial charge is 0.472 e. The number of rotatable bonds is 75. The number of carbonyl (C=O) groups excluding carboxylic acids is 4. The van der Waals surface area contributed by atoms with Gasteiger partial charge in [0.25, 0.3) is 0 Å². The number of phosphoric acid groups is 2. The second-order valence-electron chi connectivity index (χ2n) is 28.3. The maximum absolute atomic E-state index is 13.1. The molecule has 0 aliphatic rings. The van der Waals surface area contributed by atoms with Crippen LogP contribution < -0.4 is 0 Å². The van der Waals surface area contributed by atoms with Crippen LogP contribution in [0.2, 0.25) is 0 Å². The van der Waals surface area contributed by atoms with Gasteiger partial charge in [-0.2, -0.15) is 0 Å². The van der Waals surface area contributed by atoms with Crippen LogP contribution in [0.25, 0.3) is 0 Å². The Bertz CT molecular complexity index is 1840. The zero-order chi connectivity index (χ0) is 70.0. The van der Waals surface area contributed by atoms with Crippen molar-refractivity contribution in [3.05, 3.63) is 0 Å². The molecule has 5 atom stereocenters. The highest BCUT2D eigenvalue weighted by atomic mass is 31.2. The molecule has 0 radical (unpaired) electrons. The van der Waals surface area contributed by atoms with E-state index in [1.807, 2.05) is 0 Å². The van der Waals surface area contributed by atoms with E-state index in [9.17, 15) is 43.2 Å². The second-order valence-corrected chi connectivity index (χ2v) is 31.3. The van der Waals surface area contributed by atoms with Crippen LogP contribution in [-0.2, 0) is 65.4 Å². The van der Waals surface area contributed by atoms with Crippen molar-refractivity contribution in [2.75, 3.05) is 39.6 Å². The molecule has 95 heavy (non-hydrogen) atoms. The van der Waals surface area contributed by atoms with Crippen LogP contribution in [0.3, 0.4) is 0 Å². The number of unbranched alkanes of at least 4 members (excludes halogenated alkanes) is 45. The molecule has 0 saturated carbocycles. The van der Waals surface area contributed by atoms with Gasteiger partial charge in [0.15, 0.2) is 12.2 Å². The summed E-state index contributed by atoms with van der Waals surface area (Å²) in [6.07, 6.45) is 55.3. The summed E-state index contributed by atoms with van der Waals surface area (Å²) in [5.74, 6) is -0.576. The van der Waals surface area contributed by atoms with E-state index in [4.69, 9.17) is 37.0 Å². The van der Waals surface area contributed by atoms with Crippen LogP contribution in [0.5, 0.6) is 0 Å². The van der Waals surface area contributed by atoms with E-state index < -0.39 is 97.5 Å². The maximum Gasteiger partial charge on any atom is 0.472 e. The second kappa shape index (κ2) is 67.9. The molecule has 0 aromatic rings. The molecule has 564 valence electrons. The minimum atomic E-state index is -4.96. The van der Waals surface area contributed by atoms with Gasteiger partial charge in [-0.05, 0) is 37.5 Å². The van der Waals surface area contributed by atoms with Gasteiger partial charge in [-0.15, -0.1) is 0 Å². The Kier molecular flexibility index (Phi) is 66.5. The highest BCUT2D eigenvalue weighted by molar-refractivity contribution is 7.47. The molecule has 0 fully saturated rings. The SMILES string of the molecule is CCCCCCCCCCCCCCCCCC(=O)O[C@H](COC(=O)CCCCCCCCCCCCCC(C)C)COP(=O)(O)OC[C@@H](O)COP(=O)(O)OC[C@@H](COC(=O)CCCCCCCCCCCCCC)OC(=O)CCCCCCCCCCCCCC(C)C. The number of hydrogen-bond acceptors (Lipinski definition) is 15. The summed E-state index contributed by atoms with van der Waals surface area (Å²) in [4.78, 5) is 72.9. The predicted molar refractivity (Wildman–Crippen MR) is 386 cm³/mol. The van der Waals surface area contributed by atoms with Crippen molar-refractivity contribution in [1.29, 1.82) is 0 Å². The summed E-state index contributed by atoms with van der Waals surface area (Å²) in [6.45, 7) is 9.61. The van der Waals surface area contributed by atoms with Crippen LogP contribution in [-0.4, -0.2) is 96.7 Å². The van der Waals surface area contributed by atoms with Crippen LogP contribution in [0, 0.1) is 11.8 Å². The van der Waals surface area contributed by atoms with Crippen molar-refractivity contribution in [1.82, 2.24) is 0 Å². The summed E-state index contributed by atoms with van der Waals surface area (Å²) in [6, 6.07) is 0. The van der Waals surface area contributed by atoms with Crippen molar-refractivity contribution in [2.24, 2.45) is 11.8 Å². The van der Waals surface area contributed by atoms with E-state index in [0.29, 0.717) is 25.7 Å². The number of aliphatic hydroxyl groups is 1. The summed E-state index contributed by atoms with van der Waals surface area (Å²) in [5.41, 5.74) is 0. The number of ether oxygens (including phenoxy) is 4. The van der Waals surface area contributed by atoms with E-state index in [0.717, 1.165) is 102 Å².